The predicted octanol–water partition coefficient (Wildman–Crippen LogP) is 2.29. The van der Waals surface area contributed by atoms with Crippen molar-refractivity contribution in [1.82, 2.24) is 29.9 Å². The summed E-state index contributed by atoms with van der Waals surface area (Å²) >= 11 is 1.51. The van der Waals surface area contributed by atoms with E-state index in [2.05, 4.69) is 35.8 Å². The molecule has 0 spiro atoms. The van der Waals surface area contributed by atoms with Crippen molar-refractivity contribution in [2.75, 3.05) is 5.43 Å². The van der Waals surface area contributed by atoms with Crippen molar-refractivity contribution < 1.29 is 0 Å². The van der Waals surface area contributed by atoms with Gasteiger partial charge in [-0.1, -0.05) is 17.8 Å². The maximum Gasteiger partial charge on any atom is 0.240 e. The molecule has 9 heteroatoms. The van der Waals surface area contributed by atoms with E-state index in [0.29, 0.717) is 11.1 Å². The summed E-state index contributed by atoms with van der Waals surface area (Å²) in [5.41, 5.74) is 6.83. The van der Waals surface area contributed by atoms with Gasteiger partial charge in [-0.05, 0) is 26.0 Å². The Labute approximate surface area is 143 Å². The Morgan fingerprint density at radius 2 is 2.25 bits per heavy atom. The summed E-state index contributed by atoms with van der Waals surface area (Å²) in [6.45, 7) is 3.96. The van der Waals surface area contributed by atoms with E-state index in [0.717, 1.165) is 28.4 Å². The topological polar surface area (TPSA) is 96.7 Å². The van der Waals surface area contributed by atoms with Gasteiger partial charge in [0.2, 0.25) is 11.1 Å². The first-order chi connectivity index (χ1) is 11.6. The molecule has 0 saturated heterocycles. The maximum absolute atomic E-state index is 4.35. The molecule has 0 radical (unpaired) electrons. The van der Waals surface area contributed by atoms with Gasteiger partial charge in [0, 0.05) is 30.3 Å². The second-order valence-corrected chi connectivity index (χ2v) is 6.10. The van der Waals surface area contributed by atoms with Crippen LogP contribution in [0, 0.1) is 13.8 Å². The lowest BCUT2D eigenvalue weighted by atomic mass is 10.2. The van der Waals surface area contributed by atoms with Gasteiger partial charge in [-0.2, -0.15) is 15.2 Å². The Bertz CT molecular complexity index is 837. The molecule has 2 N–H and O–H groups in total. The summed E-state index contributed by atoms with van der Waals surface area (Å²) in [6, 6.07) is 5.83. The monoisotopic (exact) mass is 342 g/mol. The smallest absolute Gasteiger partial charge is 0.240 e. The molecule has 0 aliphatic rings. The molecule has 0 atom stereocenters. The molecule has 0 saturated carbocycles. The van der Waals surface area contributed by atoms with Crippen molar-refractivity contribution in [2.24, 2.45) is 12.1 Å². The number of aryl methyl sites for hydroxylation is 2. The van der Waals surface area contributed by atoms with Crippen LogP contribution in [0.15, 0.2) is 34.7 Å². The molecule has 3 aromatic rings. The van der Waals surface area contributed by atoms with Crippen molar-refractivity contribution in [2.45, 2.75) is 24.8 Å². The van der Waals surface area contributed by atoms with Gasteiger partial charge in [0.15, 0.2) is 0 Å². The van der Waals surface area contributed by atoms with Gasteiger partial charge in [0.05, 0.1) is 17.6 Å². The van der Waals surface area contributed by atoms with Gasteiger partial charge in [-0.25, -0.2) is 10.5 Å². The Balaban J connectivity index is 1.57. The lowest BCUT2D eigenvalue weighted by Gasteiger charge is -1.96. The Morgan fingerprint density at radius 3 is 2.96 bits per heavy atom. The standard InChI is InChI=1S/C15H18N8S/c1-10-13(11(2)23(3)22-10)8-17-19-14-18-15(21-20-14)24-9-12-6-4-5-7-16-12/h4-8H,9H2,1-3H3,(H2,18,19,20,21)/b17-8+. The summed E-state index contributed by atoms with van der Waals surface area (Å²) in [5.74, 6) is 1.21. The zero-order valence-electron chi connectivity index (χ0n) is 13.7. The molecule has 3 rings (SSSR count). The number of H-pyrrole nitrogens is 1. The third-order valence-electron chi connectivity index (χ3n) is 3.47. The fourth-order valence-electron chi connectivity index (χ4n) is 2.12. The van der Waals surface area contributed by atoms with E-state index in [-0.39, 0.29) is 0 Å². The van der Waals surface area contributed by atoms with E-state index in [1.54, 1.807) is 12.4 Å². The zero-order chi connectivity index (χ0) is 16.9. The van der Waals surface area contributed by atoms with Crippen molar-refractivity contribution in [3.8, 4) is 0 Å². The van der Waals surface area contributed by atoms with Gasteiger partial charge in [-0.3, -0.25) is 9.67 Å². The Hall–Kier alpha value is -2.68. The number of anilines is 1. The molecular weight excluding hydrogens is 324 g/mol. The summed E-state index contributed by atoms with van der Waals surface area (Å²) in [5, 5.41) is 16.1. The number of hydrazone groups is 1. The minimum atomic E-state index is 0.494. The number of aromatic amines is 1. The summed E-state index contributed by atoms with van der Waals surface area (Å²) < 4.78 is 1.83. The number of hydrogen-bond donors (Lipinski definition) is 2. The van der Waals surface area contributed by atoms with Crippen LogP contribution in [0.2, 0.25) is 0 Å². The zero-order valence-corrected chi connectivity index (χ0v) is 14.5. The summed E-state index contributed by atoms with van der Waals surface area (Å²) in [6.07, 6.45) is 3.51. The first-order valence-corrected chi connectivity index (χ1v) is 8.36. The summed E-state index contributed by atoms with van der Waals surface area (Å²) in [4.78, 5) is 8.60. The van der Waals surface area contributed by atoms with Crippen molar-refractivity contribution in [3.63, 3.8) is 0 Å². The first-order valence-electron chi connectivity index (χ1n) is 7.38. The van der Waals surface area contributed by atoms with Crippen LogP contribution in [0.3, 0.4) is 0 Å². The van der Waals surface area contributed by atoms with E-state index >= 15 is 0 Å². The highest BCUT2D eigenvalue weighted by Gasteiger charge is 2.07. The van der Waals surface area contributed by atoms with Crippen molar-refractivity contribution in [3.05, 3.63) is 47.0 Å². The minimum absolute atomic E-state index is 0.494. The average molecular weight is 342 g/mol. The van der Waals surface area contributed by atoms with Crippen LogP contribution in [0.4, 0.5) is 5.95 Å². The average Bonchev–Trinajstić information content (AvgIpc) is 3.13. The molecule has 0 aromatic carbocycles. The van der Waals surface area contributed by atoms with Crippen LogP contribution in [0.5, 0.6) is 0 Å². The van der Waals surface area contributed by atoms with Crippen LogP contribution >= 0.6 is 11.8 Å². The molecular formula is C15H18N8S. The van der Waals surface area contributed by atoms with Crippen LogP contribution in [-0.2, 0) is 12.8 Å². The maximum atomic E-state index is 4.35. The lowest BCUT2D eigenvalue weighted by molar-refractivity contribution is 0.731. The highest BCUT2D eigenvalue weighted by molar-refractivity contribution is 7.98. The minimum Gasteiger partial charge on any atom is -0.272 e. The Kier molecular flexibility index (Phi) is 4.90. The van der Waals surface area contributed by atoms with Gasteiger partial charge in [0.25, 0.3) is 0 Å². The van der Waals surface area contributed by atoms with Gasteiger partial charge >= 0.3 is 0 Å². The number of nitrogens with one attached hydrogen (secondary N) is 2. The second-order valence-electron chi connectivity index (χ2n) is 5.15. The molecule has 0 aliphatic carbocycles. The normalized spacial score (nSPS) is 11.3. The number of nitrogens with zero attached hydrogens (tertiary/aromatic N) is 6. The fourth-order valence-corrected chi connectivity index (χ4v) is 2.83. The van der Waals surface area contributed by atoms with E-state index < -0.39 is 0 Å². The first kappa shape index (κ1) is 16.2. The third kappa shape index (κ3) is 3.80. The summed E-state index contributed by atoms with van der Waals surface area (Å²) in [7, 11) is 1.91. The molecule has 0 unspecified atom stereocenters. The molecule has 0 aliphatic heterocycles. The highest BCUT2D eigenvalue weighted by atomic mass is 32.2. The van der Waals surface area contributed by atoms with Crippen LogP contribution in [-0.4, -0.2) is 36.2 Å². The molecule has 0 amide bonds. The lowest BCUT2D eigenvalue weighted by Crippen LogP contribution is -1.96. The number of thioether (sulfide) groups is 1. The SMILES string of the molecule is Cc1nn(C)c(C)c1/C=N/Nc1nc(SCc2ccccn2)n[nH]1. The predicted molar refractivity (Wildman–Crippen MR) is 94.1 cm³/mol. The molecule has 3 heterocycles. The van der Waals surface area contributed by atoms with E-state index in [1.807, 2.05) is 43.8 Å². The van der Waals surface area contributed by atoms with Crippen LogP contribution in [0.25, 0.3) is 0 Å². The largest absolute Gasteiger partial charge is 0.272 e. The molecule has 3 aromatic heterocycles. The van der Waals surface area contributed by atoms with E-state index in [1.165, 1.54) is 11.8 Å². The van der Waals surface area contributed by atoms with Crippen molar-refractivity contribution >= 4 is 23.9 Å². The molecule has 24 heavy (non-hydrogen) atoms. The van der Waals surface area contributed by atoms with E-state index in [4.69, 9.17) is 0 Å². The number of hydrogen-bond acceptors (Lipinski definition) is 7. The Morgan fingerprint density at radius 1 is 1.38 bits per heavy atom. The highest BCUT2D eigenvalue weighted by Crippen LogP contribution is 2.18. The van der Waals surface area contributed by atoms with Gasteiger partial charge < -0.3 is 0 Å². The van der Waals surface area contributed by atoms with Gasteiger partial charge in [0.1, 0.15) is 0 Å². The van der Waals surface area contributed by atoms with Crippen molar-refractivity contribution in [1.29, 1.82) is 0 Å². The van der Waals surface area contributed by atoms with Crippen LogP contribution in [0.1, 0.15) is 22.6 Å². The fraction of sp³-hybridized carbons (Fsp3) is 0.267. The quantitative estimate of drug-likeness (QED) is 0.405. The molecule has 124 valence electrons. The molecule has 8 nitrogen and oxygen atoms in total. The van der Waals surface area contributed by atoms with Gasteiger partial charge in [-0.15, -0.1) is 5.10 Å². The number of rotatable bonds is 6. The third-order valence-corrected chi connectivity index (χ3v) is 4.35. The second kappa shape index (κ2) is 7.26. The number of aromatic nitrogens is 6. The molecule has 0 bridgehead atoms. The number of pyridine rings is 1. The van der Waals surface area contributed by atoms with E-state index in [9.17, 15) is 0 Å². The van der Waals surface area contributed by atoms with Crippen LogP contribution < -0.4 is 5.43 Å². The molecule has 0 fully saturated rings.